The number of hydrogen-bond donors (Lipinski definition) is 4. The van der Waals surface area contributed by atoms with Crippen molar-refractivity contribution in [3.8, 4) is 0 Å². The predicted molar refractivity (Wildman–Crippen MR) is 206 cm³/mol. The SMILES string of the molecule is Fc1cc(F)cc(C2CCN(c3c(F)cc(N4[C@@H](c5ccc6nc([C@@H]7CCCN7)[nH]c6c5)CC[C@@H]4c4ccc5nc([C@@H]6CCCN6)[nH]c5c4)cc3F)CC2)c1. The van der Waals surface area contributed by atoms with Gasteiger partial charge in [0, 0.05) is 24.8 Å². The van der Waals surface area contributed by atoms with Crippen molar-refractivity contribution in [1.29, 1.82) is 0 Å². The summed E-state index contributed by atoms with van der Waals surface area (Å²) in [4.78, 5) is 20.8. The van der Waals surface area contributed by atoms with Crippen LogP contribution in [0, 0.1) is 23.3 Å². The Balaban J connectivity index is 0.984. The minimum atomic E-state index is -0.620. The second-order valence-corrected chi connectivity index (χ2v) is 15.8. The summed E-state index contributed by atoms with van der Waals surface area (Å²) < 4.78 is 60.7. The first kappa shape index (κ1) is 34.5. The zero-order valence-electron chi connectivity index (χ0n) is 30.5. The van der Waals surface area contributed by atoms with Crippen LogP contribution in [0.2, 0.25) is 0 Å². The van der Waals surface area contributed by atoms with Crippen LogP contribution in [0.1, 0.15) is 110 Å². The highest BCUT2D eigenvalue weighted by Crippen LogP contribution is 2.49. The minimum absolute atomic E-state index is 0.0567. The zero-order chi connectivity index (χ0) is 37.2. The van der Waals surface area contributed by atoms with Crippen molar-refractivity contribution in [3.05, 3.63) is 118 Å². The first-order valence-electron chi connectivity index (χ1n) is 19.8. The van der Waals surface area contributed by atoms with Crippen LogP contribution in [0.5, 0.6) is 0 Å². The van der Waals surface area contributed by atoms with Gasteiger partial charge in [0.15, 0.2) is 11.6 Å². The van der Waals surface area contributed by atoms with Crippen molar-refractivity contribution < 1.29 is 17.6 Å². The molecule has 4 aliphatic rings. The number of halogens is 4. The Morgan fingerprint density at radius 3 is 1.58 bits per heavy atom. The highest BCUT2D eigenvalue weighted by molar-refractivity contribution is 5.78. The molecule has 8 nitrogen and oxygen atoms in total. The molecule has 284 valence electrons. The van der Waals surface area contributed by atoms with Gasteiger partial charge < -0.3 is 30.4 Å². The molecule has 0 amide bonds. The Morgan fingerprint density at radius 1 is 0.564 bits per heavy atom. The molecule has 0 radical (unpaired) electrons. The fraction of sp³-hybridized carbons (Fsp3) is 0.395. The lowest BCUT2D eigenvalue weighted by Crippen LogP contribution is -2.34. The largest absolute Gasteiger partial charge is 0.367 e. The van der Waals surface area contributed by atoms with Crippen LogP contribution < -0.4 is 20.4 Å². The van der Waals surface area contributed by atoms with Gasteiger partial charge >= 0.3 is 0 Å². The molecule has 4 aliphatic heterocycles. The lowest BCUT2D eigenvalue weighted by atomic mass is 9.89. The van der Waals surface area contributed by atoms with E-state index in [4.69, 9.17) is 9.97 Å². The van der Waals surface area contributed by atoms with Gasteiger partial charge in [-0.25, -0.2) is 27.5 Å². The van der Waals surface area contributed by atoms with Gasteiger partial charge in [-0.1, -0.05) is 12.1 Å². The van der Waals surface area contributed by atoms with Gasteiger partial charge in [-0.2, -0.15) is 0 Å². The van der Waals surface area contributed by atoms with E-state index in [9.17, 15) is 8.78 Å². The molecule has 4 fully saturated rings. The fourth-order valence-electron chi connectivity index (χ4n) is 9.75. The maximum atomic E-state index is 16.4. The molecule has 2 aromatic heterocycles. The number of piperidine rings is 1. The number of imidazole rings is 2. The van der Waals surface area contributed by atoms with Crippen LogP contribution in [0.3, 0.4) is 0 Å². The third kappa shape index (κ3) is 6.42. The van der Waals surface area contributed by atoms with Crippen LogP contribution in [-0.2, 0) is 0 Å². The smallest absolute Gasteiger partial charge is 0.151 e. The summed E-state index contributed by atoms with van der Waals surface area (Å²) >= 11 is 0. The molecule has 0 saturated carbocycles. The van der Waals surface area contributed by atoms with E-state index in [1.165, 1.54) is 24.3 Å². The van der Waals surface area contributed by atoms with Crippen LogP contribution in [0.15, 0.2) is 66.7 Å². The molecule has 4 atom stereocenters. The number of H-pyrrole nitrogens is 2. The van der Waals surface area contributed by atoms with Gasteiger partial charge in [0.2, 0.25) is 0 Å². The minimum Gasteiger partial charge on any atom is -0.367 e. The summed E-state index contributed by atoms with van der Waals surface area (Å²) in [6, 6.07) is 19.3. The molecule has 4 aromatic carbocycles. The van der Waals surface area contributed by atoms with Crippen LogP contribution >= 0.6 is 0 Å². The molecule has 6 heterocycles. The summed E-state index contributed by atoms with van der Waals surface area (Å²) in [5.41, 5.74) is 6.83. The Labute approximate surface area is 316 Å². The molecule has 55 heavy (non-hydrogen) atoms. The highest BCUT2D eigenvalue weighted by Gasteiger charge is 2.38. The van der Waals surface area contributed by atoms with Crippen molar-refractivity contribution in [3.63, 3.8) is 0 Å². The van der Waals surface area contributed by atoms with E-state index in [1.807, 2.05) is 12.1 Å². The van der Waals surface area contributed by atoms with Crippen molar-refractivity contribution in [2.24, 2.45) is 0 Å². The molecule has 10 rings (SSSR count). The third-order valence-electron chi connectivity index (χ3n) is 12.5. The van der Waals surface area contributed by atoms with Crippen LogP contribution in [0.4, 0.5) is 28.9 Å². The number of nitrogens with one attached hydrogen (secondary N) is 4. The van der Waals surface area contributed by atoms with Crippen molar-refractivity contribution in [2.75, 3.05) is 36.0 Å². The number of rotatable bonds is 7. The lowest BCUT2D eigenvalue weighted by Gasteiger charge is -2.36. The molecule has 0 bridgehead atoms. The van der Waals surface area contributed by atoms with Gasteiger partial charge in [-0.15, -0.1) is 0 Å². The lowest BCUT2D eigenvalue weighted by molar-refractivity contribution is 0.480. The predicted octanol–water partition coefficient (Wildman–Crippen LogP) is 9.31. The van der Waals surface area contributed by atoms with Crippen molar-refractivity contribution in [2.45, 2.75) is 81.5 Å². The summed E-state index contributed by atoms with van der Waals surface area (Å²) in [7, 11) is 0. The maximum absolute atomic E-state index is 16.4. The molecule has 4 N–H and O–H groups in total. The average Bonchev–Trinajstić information content (AvgIpc) is 4.02. The molecule has 0 unspecified atom stereocenters. The monoisotopic (exact) mass is 748 g/mol. The molecular formula is C43H44F4N8. The van der Waals surface area contributed by atoms with E-state index in [-0.39, 0.29) is 35.8 Å². The van der Waals surface area contributed by atoms with E-state index < -0.39 is 23.3 Å². The molecular weight excluding hydrogens is 705 g/mol. The Bertz CT molecular complexity index is 2220. The maximum Gasteiger partial charge on any atom is 0.151 e. The topological polar surface area (TPSA) is 87.9 Å². The van der Waals surface area contributed by atoms with E-state index in [2.05, 4.69) is 49.8 Å². The van der Waals surface area contributed by atoms with Crippen molar-refractivity contribution >= 4 is 33.4 Å². The molecule has 0 spiro atoms. The van der Waals surface area contributed by atoms with E-state index in [0.29, 0.717) is 37.2 Å². The van der Waals surface area contributed by atoms with Gasteiger partial charge in [-0.05, 0) is 136 Å². The number of anilines is 2. The first-order valence-corrected chi connectivity index (χ1v) is 19.8. The quantitative estimate of drug-likeness (QED) is 0.122. The van der Waals surface area contributed by atoms with E-state index >= 15 is 8.78 Å². The van der Waals surface area contributed by atoms with Crippen LogP contribution in [-0.4, -0.2) is 46.1 Å². The average molecular weight is 749 g/mol. The molecule has 4 saturated heterocycles. The standard InChI is InChI=1S/C43H44F4N8/c44-28-17-27(18-29(45)21-28)24-11-15-54(16-12-24)41-31(46)22-30(23-32(41)47)55-39(25-5-7-33-37(19-25)52-42(50-33)35-3-1-13-48-35)9-10-40(55)26-6-8-34-38(20-26)53-43(51-34)36-4-2-14-49-36/h5-8,17-24,35-36,39-40,48-49H,1-4,9-16H2,(H,50,52)(H,51,53)/t35-,36-,39+,40+/m0/s1. The Morgan fingerprint density at radius 2 is 1.09 bits per heavy atom. The van der Waals surface area contributed by atoms with Gasteiger partial charge in [0.05, 0.1) is 46.2 Å². The summed E-state index contributed by atoms with van der Waals surface area (Å²) in [6.07, 6.45) is 6.97. The third-order valence-corrected chi connectivity index (χ3v) is 12.5. The fourth-order valence-corrected chi connectivity index (χ4v) is 9.75. The second-order valence-electron chi connectivity index (χ2n) is 15.8. The summed E-state index contributed by atoms with van der Waals surface area (Å²) in [5, 5.41) is 7.05. The molecule has 0 aliphatic carbocycles. The Kier molecular flexibility index (Phi) is 8.77. The number of fused-ring (bicyclic) bond motifs is 2. The number of hydrogen-bond acceptors (Lipinski definition) is 6. The second kappa shape index (κ2) is 14.0. The summed E-state index contributed by atoms with van der Waals surface area (Å²) in [5.74, 6) is -0.677. The zero-order valence-corrected chi connectivity index (χ0v) is 30.5. The van der Waals surface area contributed by atoms with Gasteiger partial charge in [0.25, 0.3) is 0 Å². The van der Waals surface area contributed by atoms with Gasteiger partial charge in [-0.3, -0.25) is 0 Å². The molecule has 6 aromatic rings. The Hall–Kier alpha value is -4.94. The number of aromatic nitrogens is 4. The van der Waals surface area contributed by atoms with Crippen molar-refractivity contribution in [1.82, 2.24) is 30.6 Å². The summed E-state index contributed by atoms with van der Waals surface area (Å²) in [6.45, 7) is 2.70. The molecule has 12 heteroatoms. The normalized spacial score (nSPS) is 23.6. The number of benzene rings is 4. The highest BCUT2D eigenvalue weighted by atomic mass is 19.1. The number of nitrogens with zero attached hydrogens (tertiary/aromatic N) is 4. The van der Waals surface area contributed by atoms with E-state index in [0.717, 1.165) is 103 Å². The van der Waals surface area contributed by atoms with Gasteiger partial charge in [0.1, 0.15) is 29.0 Å². The van der Waals surface area contributed by atoms with Crippen LogP contribution in [0.25, 0.3) is 22.1 Å². The van der Waals surface area contributed by atoms with E-state index in [1.54, 1.807) is 4.90 Å². The first-order chi connectivity index (χ1) is 26.8. The number of aromatic amines is 2.